The van der Waals surface area contributed by atoms with Crippen LogP contribution in [-0.4, -0.2) is 16.7 Å². The lowest BCUT2D eigenvalue weighted by Gasteiger charge is -2.05. The van der Waals surface area contributed by atoms with Crippen LogP contribution in [0.4, 0.5) is 0 Å². The number of aliphatic hydroxyl groups is 1. The Morgan fingerprint density at radius 2 is 2.12 bits per heavy atom. The Kier molecular flexibility index (Phi) is 6.88. The lowest BCUT2D eigenvalue weighted by Crippen LogP contribution is -1.97. The van der Waals surface area contributed by atoms with Gasteiger partial charge in [0.05, 0.1) is 0 Å². The molecule has 0 fully saturated rings. The summed E-state index contributed by atoms with van der Waals surface area (Å²) in [7, 11) is 0. The highest BCUT2D eigenvalue weighted by Gasteiger charge is 2.00. The Morgan fingerprint density at radius 3 is 2.53 bits per heavy atom. The van der Waals surface area contributed by atoms with Gasteiger partial charge in [0.25, 0.3) is 0 Å². The van der Waals surface area contributed by atoms with Crippen molar-refractivity contribution in [2.24, 2.45) is 5.14 Å². The van der Waals surface area contributed by atoms with Gasteiger partial charge >= 0.3 is 0 Å². The van der Waals surface area contributed by atoms with Crippen molar-refractivity contribution in [1.82, 2.24) is 4.98 Å². The maximum atomic E-state index is 8.79. The molecule has 1 unspecified atom stereocenters. The highest BCUT2D eigenvalue weighted by molar-refractivity contribution is 7.98. The molecule has 0 aliphatic heterocycles. The van der Waals surface area contributed by atoms with E-state index in [0.29, 0.717) is 0 Å². The summed E-state index contributed by atoms with van der Waals surface area (Å²) in [5.41, 5.74) is 1.20. The molecule has 17 heavy (non-hydrogen) atoms. The summed E-state index contributed by atoms with van der Waals surface area (Å²) >= 11 is 2.73. The SMILES string of the molecule is CC(CO)c1ccccc1.NSc1nccs1. The molecule has 3 N–H and O–H groups in total. The topological polar surface area (TPSA) is 59.1 Å². The molecule has 0 aliphatic rings. The number of aliphatic hydroxyl groups excluding tert-OH is 1. The quantitative estimate of drug-likeness (QED) is 0.840. The molecule has 3 nitrogen and oxygen atoms in total. The molecule has 2 aromatic rings. The van der Waals surface area contributed by atoms with Gasteiger partial charge in [0, 0.05) is 24.1 Å². The molecule has 0 spiro atoms. The van der Waals surface area contributed by atoms with Crippen molar-refractivity contribution in [3.05, 3.63) is 47.5 Å². The van der Waals surface area contributed by atoms with Crippen LogP contribution < -0.4 is 5.14 Å². The second kappa shape index (κ2) is 8.25. The molecule has 0 bridgehead atoms. The molecule has 1 atom stereocenters. The van der Waals surface area contributed by atoms with Gasteiger partial charge in [-0.15, -0.1) is 11.3 Å². The Labute approximate surface area is 110 Å². The van der Waals surface area contributed by atoms with E-state index in [1.165, 1.54) is 17.5 Å². The average Bonchev–Trinajstić information content (AvgIpc) is 2.93. The van der Waals surface area contributed by atoms with E-state index in [1.807, 2.05) is 42.6 Å². The van der Waals surface area contributed by atoms with Gasteiger partial charge in [-0.1, -0.05) is 37.3 Å². The van der Waals surface area contributed by atoms with Crippen LogP contribution in [0, 0.1) is 0 Å². The largest absolute Gasteiger partial charge is 0.396 e. The van der Waals surface area contributed by atoms with E-state index < -0.39 is 0 Å². The minimum atomic E-state index is 0.226. The minimum Gasteiger partial charge on any atom is -0.396 e. The van der Waals surface area contributed by atoms with Gasteiger partial charge in [0.2, 0.25) is 0 Å². The maximum absolute atomic E-state index is 8.79. The Hall–Kier alpha value is -0.880. The van der Waals surface area contributed by atoms with Crippen LogP contribution in [0.5, 0.6) is 0 Å². The molecule has 0 saturated heterocycles. The van der Waals surface area contributed by atoms with Crippen LogP contribution in [0.2, 0.25) is 0 Å². The van der Waals surface area contributed by atoms with Crippen molar-refractivity contribution in [3.63, 3.8) is 0 Å². The van der Waals surface area contributed by atoms with Gasteiger partial charge in [-0.2, -0.15) is 0 Å². The zero-order valence-corrected chi connectivity index (χ0v) is 11.2. The van der Waals surface area contributed by atoms with Crippen LogP contribution in [0.3, 0.4) is 0 Å². The molecule has 5 heteroatoms. The molecule has 0 saturated carbocycles. The lowest BCUT2D eigenvalue weighted by atomic mass is 10.0. The minimum absolute atomic E-state index is 0.226. The number of rotatable bonds is 3. The monoisotopic (exact) mass is 268 g/mol. The number of thiazole rings is 1. The van der Waals surface area contributed by atoms with Gasteiger partial charge in [-0.05, 0) is 17.5 Å². The summed E-state index contributed by atoms with van der Waals surface area (Å²) in [4.78, 5) is 3.89. The van der Waals surface area contributed by atoms with E-state index in [9.17, 15) is 0 Å². The number of aromatic nitrogens is 1. The van der Waals surface area contributed by atoms with Gasteiger partial charge in [-0.3, -0.25) is 5.14 Å². The average molecular weight is 268 g/mol. The fourth-order valence-corrected chi connectivity index (χ4v) is 2.03. The van der Waals surface area contributed by atoms with E-state index in [-0.39, 0.29) is 12.5 Å². The molecule has 2 rings (SSSR count). The van der Waals surface area contributed by atoms with Crippen molar-refractivity contribution in [3.8, 4) is 0 Å². The second-order valence-corrected chi connectivity index (χ2v) is 5.19. The fourth-order valence-electron chi connectivity index (χ4n) is 1.16. The van der Waals surface area contributed by atoms with E-state index in [1.54, 1.807) is 17.5 Å². The van der Waals surface area contributed by atoms with Crippen LogP contribution in [0.15, 0.2) is 46.2 Å². The van der Waals surface area contributed by atoms with Crippen LogP contribution >= 0.6 is 23.3 Å². The molecular formula is C12H16N2OS2. The first-order chi connectivity index (χ1) is 8.27. The van der Waals surface area contributed by atoms with Gasteiger partial charge in [0.15, 0.2) is 4.34 Å². The molecule has 1 aromatic carbocycles. The van der Waals surface area contributed by atoms with Crippen LogP contribution in [0.1, 0.15) is 18.4 Å². The molecule has 0 aliphatic carbocycles. The Balaban J connectivity index is 0.000000181. The van der Waals surface area contributed by atoms with Crippen molar-refractivity contribution < 1.29 is 5.11 Å². The smallest absolute Gasteiger partial charge is 0.164 e. The summed E-state index contributed by atoms with van der Waals surface area (Å²) in [6, 6.07) is 10.0. The van der Waals surface area contributed by atoms with E-state index >= 15 is 0 Å². The molecule has 0 radical (unpaired) electrons. The summed E-state index contributed by atoms with van der Waals surface area (Å²) in [5.74, 6) is 0.265. The number of nitrogens with two attached hydrogens (primary N) is 1. The van der Waals surface area contributed by atoms with Gasteiger partial charge < -0.3 is 5.11 Å². The highest BCUT2D eigenvalue weighted by Crippen LogP contribution is 2.13. The van der Waals surface area contributed by atoms with Crippen LogP contribution in [0.25, 0.3) is 0 Å². The highest BCUT2D eigenvalue weighted by atomic mass is 32.2. The molecular weight excluding hydrogens is 252 g/mol. The van der Waals surface area contributed by atoms with E-state index in [2.05, 4.69) is 4.98 Å². The maximum Gasteiger partial charge on any atom is 0.164 e. The molecule has 92 valence electrons. The van der Waals surface area contributed by atoms with Gasteiger partial charge in [0.1, 0.15) is 0 Å². The normalized spacial score (nSPS) is 11.5. The summed E-state index contributed by atoms with van der Waals surface area (Å²) in [6.07, 6.45) is 1.74. The first-order valence-corrected chi connectivity index (χ1v) is 6.96. The number of hydrogen-bond acceptors (Lipinski definition) is 5. The summed E-state index contributed by atoms with van der Waals surface area (Å²) < 4.78 is 0.917. The second-order valence-electron chi connectivity index (χ2n) is 3.41. The van der Waals surface area contributed by atoms with Crippen molar-refractivity contribution >= 4 is 23.3 Å². The molecule has 0 amide bonds. The zero-order chi connectivity index (χ0) is 12.5. The fraction of sp³-hybridized carbons (Fsp3) is 0.250. The van der Waals surface area contributed by atoms with E-state index in [0.717, 1.165) is 4.34 Å². The van der Waals surface area contributed by atoms with Crippen molar-refractivity contribution in [2.45, 2.75) is 17.2 Å². The molecule has 1 aromatic heterocycles. The lowest BCUT2D eigenvalue weighted by molar-refractivity contribution is 0.273. The predicted molar refractivity (Wildman–Crippen MR) is 74.1 cm³/mol. The standard InChI is InChI=1S/C9H12O.C3H4N2S2/c1-8(7-10)9-5-3-2-4-6-9;4-7-3-5-1-2-6-3/h2-6,8,10H,7H2,1H3;1-2H,4H2. The first-order valence-electron chi connectivity index (χ1n) is 5.20. The van der Waals surface area contributed by atoms with E-state index in [4.69, 9.17) is 10.2 Å². The van der Waals surface area contributed by atoms with Crippen LogP contribution in [-0.2, 0) is 0 Å². The Bertz CT molecular complexity index is 392. The Morgan fingerprint density at radius 1 is 1.41 bits per heavy atom. The van der Waals surface area contributed by atoms with Crippen molar-refractivity contribution in [2.75, 3.05) is 6.61 Å². The third kappa shape index (κ3) is 5.32. The third-order valence-corrected chi connectivity index (χ3v) is 3.60. The predicted octanol–water partition coefficient (Wildman–Crippen LogP) is 2.89. The number of nitrogens with zero attached hydrogens (tertiary/aromatic N) is 1. The molecule has 1 heterocycles. The third-order valence-electron chi connectivity index (χ3n) is 2.15. The van der Waals surface area contributed by atoms with Crippen molar-refractivity contribution in [1.29, 1.82) is 0 Å². The number of hydrogen-bond donors (Lipinski definition) is 2. The number of benzene rings is 1. The summed E-state index contributed by atoms with van der Waals surface area (Å²) in [6.45, 7) is 2.24. The first kappa shape index (κ1) is 14.2. The van der Waals surface area contributed by atoms with Gasteiger partial charge in [-0.25, -0.2) is 4.98 Å². The summed E-state index contributed by atoms with van der Waals surface area (Å²) in [5, 5.41) is 15.8. The zero-order valence-electron chi connectivity index (χ0n) is 9.61.